The standard InChI is InChI=1S/C29H38N3O9P/c1-18(33)31-25(14-19-9-11-21(12-10-19)41-42(36,37)38)29(35)32-24-8-5-13-39-26-16-27(23(28(30)34)15-22(24)26)40-17-20-6-3-2-4-7-20/h9-12,15-16,20,24-25H,2-8,13-14,17H2,1H3,(H2,30,34)(H,31,33)(H,32,35)(H2,36,37,38)/t24-,25-/m0/s1. The molecule has 1 heterocycles. The smallest absolute Gasteiger partial charge is 0.493 e. The third kappa shape index (κ3) is 8.95. The van der Waals surface area contributed by atoms with Gasteiger partial charge in [0, 0.05) is 25.0 Å². The van der Waals surface area contributed by atoms with Gasteiger partial charge in [0.25, 0.3) is 5.91 Å². The Kier molecular flexibility index (Phi) is 10.5. The summed E-state index contributed by atoms with van der Waals surface area (Å²) in [7, 11) is -4.71. The second-order valence-electron chi connectivity index (χ2n) is 10.8. The molecule has 4 rings (SSSR count). The Hall–Kier alpha value is -3.60. The molecule has 1 aliphatic heterocycles. The number of phosphoric acid groups is 1. The van der Waals surface area contributed by atoms with Gasteiger partial charge < -0.3 is 30.4 Å². The van der Waals surface area contributed by atoms with E-state index in [4.69, 9.17) is 25.0 Å². The van der Waals surface area contributed by atoms with Crippen molar-refractivity contribution in [2.45, 2.75) is 70.4 Å². The summed E-state index contributed by atoms with van der Waals surface area (Å²) in [4.78, 5) is 55.8. The number of carbonyl (C=O) groups is 3. The van der Waals surface area contributed by atoms with Gasteiger partial charge in [-0.25, -0.2) is 4.57 Å². The van der Waals surface area contributed by atoms with Gasteiger partial charge in [0.1, 0.15) is 23.3 Å². The van der Waals surface area contributed by atoms with Crippen LogP contribution in [0, 0.1) is 5.92 Å². The molecule has 2 aliphatic rings. The van der Waals surface area contributed by atoms with Gasteiger partial charge in [0.2, 0.25) is 11.8 Å². The van der Waals surface area contributed by atoms with Crippen molar-refractivity contribution < 1.29 is 42.7 Å². The van der Waals surface area contributed by atoms with Crippen molar-refractivity contribution in [3.05, 3.63) is 53.1 Å². The van der Waals surface area contributed by atoms with E-state index in [9.17, 15) is 18.9 Å². The zero-order chi connectivity index (χ0) is 30.3. The van der Waals surface area contributed by atoms with Crippen LogP contribution in [0.4, 0.5) is 0 Å². The van der Waals surface area contributed by atoms with Crippen LogP contribution in [0.5, 0.6) is 17.2 Å². The largest absolute Gasteiger partial charge is 0.524 e. The molecule has 6 N–H and O–H groups in total. The number of ether oxygens (including phenoxy) is 2. The highest BCUT2D eigenvalue weighted by Gasteiger charge is 2.29. The molecule has 1 aliphatic carbocycles. The Labute approximate surface area is 244 Å². The molecule has 2 aromatic carbocycles. The molecule has 0 bridgehead atoms. The normalized spacial score (nSPS) is 18.0. The van der Waals surface area contributed by atoms with E-state index in [1.165, 1.54) is 38.3 Å². The Morgan fingerprint density at radius 2 is 1.79 bits per heavy atom. The maximum absolute atomic E-state index is 13.5. The summed E-state index contributed by atoms with van der Waals surface area (Å²) >= 11 is 0. The van der Waals surface area contributed by atoms with Crippen LogP contribution in [-0.2, 0) is 20.6 Å². The molecule has 13 heteroatoms. The highest BCUT2D eigenvalue weighted by atomic mass is 31.2. The Bertz CT molecular complexity index is 1320. The van der Waals surface area contributed by atoms with Gasteiger partial charge in [0.05, 0.1) is 24.8 Å². The number of fused-ring (bicyclic) bond motifs is 1. The van der Waals surface area contributed by atoms with E-state index in [0.29, 0.717) is 54.6 Å². The molecular weight excluding hydrogens is 565 g/mol. The van der Waals surface area contributed by atoms with E-state index in [2.05, 4.69) is 15.2 Å². The van der Waals surface area contributed by atoms with Crippen LogP contribution in [0.1, 0.15) is 79.4 Å². The number of hydrogen-bond acceptors (Lipinski definition) is 7. The van der Waals surface area contributed by atoms with Crippen LogP contribution in [0.3, 0.4) is 0 Å². The highest BCUT2D eigenvalue weighted by molar-refractivity contribution is 7.46. The monoisotopic (exact) mass is 603 g/mol. The van der Waals surface area contributed by atoms with Crippen LogP contribution in [0.25, 0.3) is 0 Å². The number of nitrogens with one attached hydrogen (secondary N) is 2. The second-order valence-corrected chi connectivity index (χ2v) is 12.0. The van der Waals surface area contributed by atoms with E-state index in [1.54, 1.807) is 24.3 Å². The first-order chi connectivity index (χ1) is 20.0. The van der Waals surface area contributed by atoms with Crippen molar-refractivity contribution in [1.82, 2.24) is 10.6 Å². The lowest BCUT2D eigenvalue weighted by molar-refractivity contribution is -0.128. The first-order valence-electron chi connectivity index (χ1n) is 14.1. The number of amides is 3. The SMILES string of the molecule is CC(=O)N[C@@H](Cc1ccc(OP(=O)(O)O)cc1)C(=O)N[C@H]1CCCOc2cc(OCC3CCCCC3)c(C(N)=O)cc21. The molecule has 1 saturated carbocycles. The average molecular weight is 604 g/mol. The summed E-state index contributed by atoms with van der Waals surface area (Å²) in [6.07, 6.45) is 7.01. The maximum Gasteiger partial charge on any atom is 0.524 e. The van der Waals surface area contributed by atoms with Crippen molar-refractivity contribution in [2.24, 2.45) is 11.7 Å². The molecule has 2 atom stereocenters. The molecule has 12 nitrogen and oxygen atoms in total. The van der Waals surface area contributed by atoms with Crippen LogP contribution in [0.2, 0.25) is 0 Å². The van der Waals surface area contributed by atoms with Gasteiger partial charge in [-0.15, -0.1) is 0 Å². The van der Waals surface area contributed by atoms with Crippen LogP contribution < -0.4 is 30.4 Å². The fourth-order valence-electron chi connectivity index (χ4n) is 5.41. The van der Waals surface area contributed by atoms with Gasteiger partial charge in [-0.05, 0) is 55.4 Å². The van der Waals surface area contributed by atoms with E-state index in [0.717, 1.165) is 12.8 Å². The minimum absolute atomic E-state index is 0.0324. The molecule has 42 heavy (non-hydrogen) atoms. The number of hydrogen-bond donors (Lipinski definition) is 5. The minimum Gasteiger partial charge on any atom is -0.493 e. The Balaban J connectivity index is 1.52. The number of primary amides is 1. The van der Waals surface area contributed by atoms with Crippen molar-refractivity contribution in [3.63, 3.8) is 0 Å². The molecule has 0 saturated heterocycles. The van der Waals surface area contributed by atoms with Gasteiger partial charge in [-0.2, -0.15) is 0 Å². The Morgan fingerprint density at radius 1 is 1.07 bits per heavy atom. The fraction of sp³-hybridized carbons (Fsp3) is 0.483. The lowest BCUT2D eigenvalue weighted by Gasteiger charge is -2.25. The van der Waals surface area contributed by atoms with Crippen molar-refractivity contribution in [1.29, 1.82) is 0 Å². The summed E-state index contributed by atoms with van der Waals surface area (Å²) in [6, 6.07) is 7.68. The van der Waals surface area contributed by atoms with Gasteiger partial charge >= 0.3 is 7.82 Å². The third-order valence-electron chi connectivity index (χ3n) is 7.44. The van der Waals surface area contributed by atoms with Crippen LogP contribution in [0.15, 0.2) is 36.4 Å². The van der Waals surface area contributed by atoms with Crippen molar-refractivity contribution >= 4 is 25.5 Å². The average Bonchev–Trinajstić information content (AvgIpc) is 3.13. The number of benzene rings is 2. The lowest BCUT2D eigenvalue weighted by atomic mass is 9.90. The van der Waals surface area contributed by atoms with E-state index < -0.39 is 37.6 Å². The van der Waals surface area contributed by atoms with Crippen molar-refractivity contribution in [3.8, 4) is 17.2 Å². The predicted molar refractivity (Wildman–Crippen MR) is 153 cm³/mol. The summed E-state index contributed by atoms with van der Waals surface area (Å²) in [6.45, 7) is 2.21. The minimum atomic E-state index is -4.71. The molecule has 2 aromatic rings. The van der Waals surface area contributed by atoms with E-state index >= 15 is 0 Å². The topological polar surface area (TPSA) is 187 Å². The number of carbonyl (C=O) groups excluding carboxylic acids is 3. The molecular formula is C29H38N3O9P. The lowest BCUT2D eigenvalue weighted by Crippen LogP contribution is -2.48. The molecule has 0 aromatic heterocycles. The summed E-state index contributed by atoms with van der Waals surface area (Å²) in [5.41, 5.74) is 7.17. The highest BCUT2D eigenvalue weighted by Crippen LogP contribution is 2.39. The van der Waals surface area contributed by atoms with Gasteiger partial charge in [0.15, 0.2) is 0 Å². The van der Waals surface area contributed by atoms with E-state index in [-0.39, 0.29) is 17.7 Å². The molecule has 0 radical (unpaired) electrons. The van der Waals surface area contributed by atoms with Crippen LogP contribution >= 0.6 is 7.82 Å². The quantitative estimate of drug-likeness (QED) is 0.240. The van der Waals surface area contributed by atoms with E-state index in [1.807, 2.05) is 0 Å². The molecule has 228 valence electrons. The number of nitrogens with two attached hydrogens (primary N) is 1. The number of phosphoric ester groups is 1. The fourth-order valence-corrected chi connectivity index (χ4v) is 5.81. The Morgan fingerprint density at radius 3 is 2.43 bits per heavy atom. The second kappa shape index (κ2) is 14.0. The van der Waals surface area contributed by atoms with Crippen molar-refractivity contribution in [2.75, 3.05) is 13.2 Å². The zero-order valence-corrected chi connectivity index (χ0v) is 24.4. The maximum atomic E-state index is 13.5. The van der Waals surface area contributed by atoms with Gasteiger partial charge in [-0.3, -0.25) is 24.2 Å². The first-order valence-corrected chi connectivity index (χ1v) is 15.7. The molecule has 0 unspecified atom stereocenters. The summed E-state index contributed by atoms with van der Waals surface area (Å²) in [5, 5.41) is 5.66. The molecule has 1 fully saturated rings. The summed E-state index contributed by atoms with van der Waals surface area (Å²) in [5.74, 6) is -0.247. The third-order valence-corrected chi connectivity index (χ3v) is 7.89. The van der Waals surface area contributed by atoms with Crippen LogP contribution in [-0.4, -0.2) is 46.8 Å². The zero-order valence-electron chi connectivity index (χ0n) is 23.5. The molecule has 3 amide bonds. The number of rotatable bonds is 11. The summed E-state index contributed by atoms with van der Waals surface area (Å²) < 4.78 is 27.7. The first kappa shape index (κ1) is 31.3. The molecule has 0 spiro atoms. The predicted octanol–water partition coefficient (Wildman–Crippen LogP) is 3.29. The van der Waals surface area contributed by atoms with Gasteiger partial charge in [-0.1, -0.05) is 31.4 Å².